The summed E-state index contributed by atoms with van der Waals surface area (Å²) in [6.45, 7) is 0. The summed E-state index contributed by atoms with van der Waals surface area (Å²) in [4.78, 5) is 0. The summed E-state index contributed by atoms with van der Waals surface area (Å²) >= 11 is 0. The van der Waals surface area contributed by atoms with Crippen LogP contribution in [0.4, 0.5) is 0 Å². The van der Waals surface area contributed by atoms with Crippen molar-refractivity contribution in [2.24, 2.45) is 0 Å². The maximum atomic E-state index is 6.99. The normalized spacial score (nSPS) is 22.3. The second-order valence-corrected chi connectivity index (χ2v) is 3.59. The smallest absolute Gasteiger partial charge is 0.0756 e. The van der Waals surface area contributed by atoms with Crippen LogP contribution in [0.3, 0.4) is 0 Å². The Kier molecular flexibility index (Phi) is 1.42. The molecule has 0 aromatic heterocycles. The molecule has 6 heavy (non-hydrogen) atoms. The van der Waals surface area contributed by atoms with Crippen LogP contribution in [-0.4, -0.2) is 10.8 Å². The molecule has 1 N–H and O–H groups in total. The van der Waals surface area contributed by atoms with Crippen LogP contribution < -0.4 is 0 Å². The fourth-order valence-corrected chi connectivity index (χ4v) is 2.29. The Bertz CT molecular complexity index is 63.2. The van der Waals surface area contributed by atoms with Gasteiger partial charge in [-0.2, -0.15) is 0 Å². The lowest BCUT2D eigenvalue weighted by Gasteiger charge is -1.75. The molecule has 1 aliphatic rings. The molecule has 0 atom stereocenters. The number of hydrogen-bond donors (Lipinski definition) is 1. The molecule has 0 spiro atoms. The quantitative estimate of drug-likeness (QED) is 0.491. The molecule has 34 valence electrons. The van der Waals surface area contributed by atoms with Gasteiger partial charge in [-0.1, -0.05) is 10.8 Å². The SMILES string of the molecule is N=C1CCSS1. The van der Waals surface area contributed by atoms with E-state index in [9.17, 15) is 0 Å². The van der Waals surface area contributed by atoms with Crippen LogP contribution in [0.15, 0.2) is 0 Å². The van der Waals surface area contributed by atoms with Crippen molar-refractivity contribution in [2.45, 2.75) is 6.42 Å². The van der Waals surface area contributed by atoms with Crippen molar-refractivity contribution in [3.05, 3.63) is 0 Å². The molecule has 0 aromatic rings. The van der Waals surface area contributed by atoms with Crippen LogP contribution in [0, 0.1) is 5.41 Å². The van der Waals surface area contributed by atoms with Crippen LogP contribution >= 0.6 is 21.6 Å². The van der Waals surface area contributed by atoms with E-state index in [1.54, 1.807) is 21.6 Å². The van der Waals surface area contributed by atoms with Gasteiger partial charge in [0, 0.05) is 12.2 Å². The third kappa shape index (κ3) is 0.914. The number of rotatable bonds is 0. The van der Waals surface area contributed by atoms with Gasteiger partial charge in [0.05, 0.1) is 5.04 Å². The van der Waals surface area contributed by atoms with Gasteiger partial charge in [-0.05, 0) is 10.8 Å². The fourth-order valence-electron chi connectivity index (χ4n) is 0.289. The molecule has 0 aliphatic carbocycles. The van der Waals surface area contributed by atoms with Crippen molar-refractivity contribution in [3.63, 3.8) is 0 Å². The lowest BCUT2D eigenvalue weighted by molar-refractivity contribution is 1.32. The Hall–Kier alpha value is 0.370. The van der Waals surface area contributed by atoms with Crippen molar-refractivity contribution in [2.75, 3.05) is 5.75 Å². The minimum Gasteiger partial charge on any atom is -0.298 e. The average molecular weight is 119 g/mol. The molecule has 1 saturated heterocycles. The summed E-state index contributed by atoms with van der Waals surface area (Å²) in [5, 5.41) is 7.82. The Morgan fingerprint density at radius 3 is 2.67 bits per heavy atom. The molecule has 0 aromatic carbocycles. The molecular weight excluding hydrogens is 114 g/mol. The topological polar surface area (TPSA) is 23.9 Å². The van der Waals surface area contributed by atoms with Gasteiger partial charge in [0.25, 0.3) is 0 Å². The largest absolute Gasteiger partial charge is 0.298 e. The van der Waals surface area contributed by atoms with E-state index in [0.29, 0.717) is 0 Å². The summed E-state index contributed by atoms with van der Waals surface area (Å²) in [6.07, 6.45) is 0.995. The first-order chi connectivity index (χ1) is 2.89. The lowest BCUT2D eigenvalue weighted by atomic mass is 10.5. The molecule has 0 saturated carbocycles. The van der Waals surface area contributed by atoms with Crippen molar-refractivity contribution in [1.29, 1.82) is 5.41 Å². The number of hydrogen-bond acceptors (Lipinski definition) is 3. The highest BCUT2D eigenvalue weighted by molar-refractivity contribution is 8.82. The first-order valence-electron chi connectivity index (χ1n) is 1.76. The van der Waals surface area contributed by atoms with Gasteiger partial charge >= 0.3 is 0 Å². The summed E-state index contributed by atoms with van der Waals surface area (Å²) in [7, 11) is 3.37. The van der Waals surface area contributed by atoms with Crippen molar-refractivity contribution in [1.82, 2.24) is 0 Å². The van der Waals surface area contributed by atoms with Crippen LogP contribution in [0.25, 0.3) is 0 Å². The minimum atomic E-state index is 0.833. The molecule has 0 radical (unpaired) electrons. The van der Waals surface area contributed by atoms with E-state index in [1.807, 2.05) is 0 Å². The van der Waals surface area contributed by atoms with E-state index in [-0.39, 0.29) is 0 Å². The standard InChI is InChI=1S/C3H5NS2/c4-3-1-2-5-6-3/h4H,1-2H2. The molecule has 0 unspecified atom stereocenters. The van der Waals surface area contributed by atoms with Gasteiger partial charge in [-0.25, -0.2) is 0 Å². The Morgan fingerprint density at radius 1 is 1.67 bits per heavy atom. The third-order valence-corrected chi connectivity index (χ3v) is 2.92. The molecule has 1 aliphatic heterocycles. The van der Waals surface area contributed by atoms with Crippen LogP contribution in [0.2, 0.25) is 0 Å². The first kappa shape index (κ1) is 4.53. The summed E-state index contributed by atoms with van der Waals surface area (Å²) in [5.41, 5.74) is 0. The maximum absolute atomic E-state index is 6.99. The molecule has 1 heterocycles. The zero-order valence-electron chi connectivity index (χ0n) is 3.23. The zero-order valence-corrected chi connectivity index (χ0v) is 4.86. The Labute approximate surface area is 44.8 Å². The second-order valence-electron chi connectivity index (χ2n) is 1.08. The zero-order chi connectivity index (χ0) is 4.41. The maximum Gasteiger partial charge on any atom is 0.0756 e. The minimum absolute atomic E-state index is 0.833. The van der Waals surface area contributed by atoms with Gasteiger partial charge < -0.3 is 0 Å². The van der Waals surface area contributed by atoms with E-state index in [2.05, 4.69) is 0 Å². The van der Waals surface area contributed by atoms with Crippen molar-refractivity contribution < 1.29 is 0 Å². The van der Waals surface area contributed by atoms with Gasteiger partial charge in [0.2, 0.25) is 0 Å². The van der Waals surface area contributed by atoms with Gasteiger partial charge in [-0.3, -0.25) is 5.41 Å². The lowest BCUT2D eigenvalue weighted by Crippen LogP contribution is -1.76. The molecule has 0 amide bonds. The highest BCUT2D eigenvalue weighted by Crippen LogP contribution is 2.31. The summed E-state index contributed by atoms with van der Waals surface area (Å²) in [5.74, 6) is 1.14. The highest BCUT2D eigenvalue weighted by atomic mass is 33.1. The molecule has 1 fully saturated rings. The molecular formula is C3H5NS2. The predicted octanol–water partition coefficient (Wildman–Crippen LogP) is 1.75. The van der Waals surface area contributed by atoms with Crippen molar-refractivity contribution in [3.8, 4) is 0 Å². The highest BCUT2D eigenvalue weighted by Gasteiger charge is 2.05. The molecule has 3 heteroatoms. The summed E-state index contributed by atoms with van der Waals surface area (Å²) in [6, 6.07) is 0. The predicted molar refractivity (Wildman–Crippen MR) is 32.4 cm³/mol. The molecule has 1 rings (SSSR count). The van der Waals surface area contributed by atoms with Crippen LogP contribution in [0.1, 0.15) is 6.42 Å². The Balaban J connectivity index is 2.37. The summed E-state index contributed by atoms with van der Waals surface area (Å²) < 4.78 is 0. The third-order valence-electron chi connectivity index (χ3n) is 0.572. The van der Waals surface area contributed by atoms with Crippen molar-refractivity contribution >= 4 is 26.6 Å². The second kappa shape index (κ2) is 1.89. The Morgan fingerprint density at radius 2 is 2.50 bits per heavy atom. The molecule has 0 bridgehead atoms. The average Bonchev–Trinajstić information content (AvgIpc) is 1.86. The van der Waals surface area contributed by atoms with E-state index < -0.39 is 0 Å². The van der Waals surface area contributed by atoms with E-state index in [1.165, 1.54) is 0 Å². The molecule has 1 nitrogen and oxygen atoms in total. The van der Waals surface area contributed by atoms with E-state index >= 15 is 0 Å². The fraction of sp³-hybridized carbons (Fsp3) is 0.667. The monoisotopic (exact) mass is 119 g/mol. The van der Waals surface area contributed by atoms with E-state index in [0.717, 1.165) is 17.2 Å². The van der Waals surface area contributed by atoms with Gasteiger partial charge in [0.15, 0.2) is 0 Å². The number of nitrogens with one attached hydrogen (secondary N) is 1. The van der Waals surface area contributed by atoms with Crippen LogP contribution in [0.5, 0.6) is 0 Å². The van der Waals surface area contributed by atoms with Gasteiger partial charge in [0.1, 0.15) is 0 Å². The van der Waals surface area contributed by atoms with Crippen LogP contribution in [-0.2, 0) is 0 Å². The van der Waals surface area contributed by atoms with Gasteiger partial charge in [-0.15, -0.1) is 0 Å². The first-order valence-corrected chi connectivity index (χ1v) is 4.08. The van der Waals surface area contributed by atoms with E-state index in [4.69, 9.17) is 5.41 Å².